The molecule has 0 aromatic rings. The Hall–Kier alpha value is -0.570. The summed E-state index contributed by atoms with van der Waals surface area (Å²) < 4.78 is 0. The van der Waals surface area contributed by atoms with Crippen LogP contribution in [0.2, 0.25) is 0 Å². The van der Waals surface area contributed by atoms with E-state index in [1.807, 2.05) is 11.2 Å². The van der Waals surface area contributed by atoms with Crippen molar-refractivity contribution in [2.24, 2.45) is 10.8 Å². The Labute approximate surface area is 62.9 Å². The van der Waals surface area contributed by atoms with Crippen molar-refractivity contribution in [3.8, 4) is 0 Å². The van der Waals surface area contributed by atoms with E-state index in [-0.39, 0.29) is 0 Å². The van der Waals surface area contributed by atoms with Crippen LogP contribution in [0.5, 0.6) is 0 Å². The number of hydrazone groups is 1. The summed E-state index contributed by atoms with van der Waals surface area (Å²) in [7, 11) is 0. The van der Waals surface area contributed by atoms with Crippen LogP contribution < -0.4 is 5.73 Å². The van der Waals surface area contributed by atoms with Crippen molar-refractivity contribution in [1.29, 1.82) is 0 Å². The fourth-order valence-electron chi connectivity index (χ4n) is 0.644. The number of likely N-dealkylation sites (N-methyl/N-ethyl adjacent to an activating group) is 1. The maximum atomic E-state index is 5.36. The highest BCUT2D eigenvalue weighted by molar-refractivity contribution is 5.55. The molecule has 0 spiro atoms. The Kier molecular flexibility index (Phi) is 6.18. The highest BCUT2D eigenvalue weighted by atomic mass is 15.4. The minimum atomic E-state index is 0.675. The van der Waals surface area contributed by atoms with E-state index in [9.17, 15) is 0 Å². The number of hydrogen-bond acceptors (Lipinski definition) is 3. The summed E-state index contributed by atoms with van der Waals surface area (Å²) in [6.45, 7) is 6.61. The Balaban J connectivity index is 3.48. The summed E-state index contributed by atoms with van der Waals surface area (Å²) in [5.41, 5.74) is 5.36. The van der Waals surface area contributed by atoms with Crippen molar-refractivity contribution in [1.82, 2.24) is 5.01 Å². The van der Waals surface area contributed by atoms with E-state index in [0.717, 1.165) is 19.5 Å². The predicted octanol–water partition coefficient (Wildman–Crippen LogP) is 0.663. The number of nitrogens with zero attached hydrogens (tertiary/aromatic N) is 2. The van der Waals surface area contributed by atoms with E-state index in [1.54, 1.807) is 0 Å². The molecule has 0 aromatic carbocycles. The standard InChI is InChI=1S/C7H17N3/c1-3-6-9-10(4-2)7-5-8/h6H,3-5,7-8H2,1-2H3/b9-6-. The lowest BCUT2D eigenvalue weighted by Gasteiger charge is -2.14. The topological polar surface area (TPSA) is 41.6 Å². The molecule has 3 nitrogen and oxygen atoms in total. The van der Waals surface area contributed by atoms with Gasteiger partial charge in [-0.25, -0.2) is 0 Å². The van der Waals surface area contributed by atoms with Gasteiger partial charge in [0.1, 0.15) is 0 Å². The van der Waals surface area contributed by atoms with Crippen molar-refractivity contribution in [3.63, 3.8) is 0 Å². The van der Waals surface area contributed by atoms with Gasteiger partial charge in [-0.3, -0.25) is 5.01 Å². The molecule has 0 heterocycles. The summed E-state index contributed by atoms with van der Waals surface area (Å²) in [4.78, 5) is 0. The van der Waals surface area contributed by atoms with Gasteiger partial charge in [-0.05, 0) is 13.3 Å². The second-order valence-corrected chi connectivity index (χ2v) is 2.04. The van der Waals surface area contributed by atoms with E-state index >= 15 is 0 Å². The van der Waals surface area contributed by atoms with Crippen LogP contribution in [0.25, 0.3) is 0 Å². The quantitative estimate of drug-likeness (QED) is 0.454. The van der Waals surface area contributed by atoms with Gasteiger partial charge in [0.2, 0.25) is 0 Å². The summed E-state index contributed by atoms with van der Waals surface area (Å²) in [5, 5.41) is 6.14. The van der Waals surface area contributed by atoms with Crippen LogP contribution in [-0.2, 0) is 0 Å². The van der Waals surface area contributed by atoms with Crippen LogP contribution in [0.4, 0.5) is 0 Å². The van der Waals surface area contributed by atoms with Gasteiger partial charge >= 0.3 is 0 Å². The first-order valence-electron chi connectivity index (χ1n) is 3.82. The lowest BCUT2D eigenvalue weighted by Crippen LogP contribution is -2.24. The summed E-state index contributed by atoms with van der Waals surface area (Å²) in [5.74, 6) is 0. The SMILES string of the molecule is CC/C=N\N(CC)CCN. The Morgan fingerprint density at radius 1 is 1.50 bits per heavy atom. The van der Waals surface area contributed by atoms with Crippen molar-refractivity contribution >= 4 is 6.21 Å². The van der Waals surface area contributed by atoms with Crippen LogP contribution in [0.1, 0.15) is 20.3 Å². The van der Waals surface area contributed by atoms with Gasteiger partial charge in [0.05, 0.1) is 0 Å². The first kappa shape index (κ1) is 9.43. The molecular formula is C7H17N3. The monoisotopic (exact) mass is 143 g/mol. The molecule has 0 bridgehead atoms. The molecule has 0 atom stereocenters. The molecule has 0 aromatic heterocycles. The molecule has 60 valence electrons. The maximum absolute atomic E-state index is 5.36. The highest BCUT2D eigenvalue weighted by Gasteiger charge is 1.91. The molecule has 0 aliphatic carbocycles. The van der Waals surface area contributed by atoms with E-state index in [2.05, 4.69) is 18.9 Å². The minimum absolute atomic E-state index is 0.675. The molecule has 0 radical (unpaired) electrons. The van der Waals surface area contributed by atoms with Gasteiger partial charge in [-0.15, -0.1) is 0 Å². The first-order valence-corrected chi connectivity index (χ1v) is 3.82. The molecular weight excluding hydrogens is 126 g/mol. The summed E-state index contributed by atoms with van der Waals surface area (Å²) in [6, 6.07) is 0. The van der Waals surface area contributed by atoms with Crippen molar-refractivity contribution in [2.75, 3.05) is 19.6 Å². The van der Waals surface area contributed by atoms with Crippen molar-refractivity contribution in [3.05, 3.63) is 0 Å². The van der Waals surface area contributed by atoms with Gasteiger partial charge in [0.25, 0.3) is 0 Å². The second kappa shape index (κ2) is 6.55. The number of rotatable bonds is 5. The van der Waals surface area contributed by atoms with Crippen molar-refractivity contribution < 1.29 is 0 Å². The molecule has 0 saturated carbocycles. The summed E-state index contributed by atoms with van der Waals surface area (Å²) >= 11 is 0. The highest BCUT2D eigenvalue weighted by Crippen LogP contribution is 1.85. The predicted molar refractivity (Wildman–Crippen MR) is 45.1 cm³/mol. The van der Waals surface area contributed by atoms with E-state index < -0.39 is 0 Å². The molecule has 3 heteroatoms. The smallest absolute Gasteiger partial charge is 0.0482 e. The van der Waals surface area contributed by atoms with Gasteiger partial charge in [-0.2, -0.15) is 5.10 Å². The van der Waals surface area contributed by atoms with Crippen LogP contribution in [0.3, 0.4) is 0 Å². The third-order valence-electron chi connectivity index (χ3n) is 1.18. The molecule has 0 fully saturated rings. The molecule has 0 aliphatic heterocycles. The van der Waals surface area contributed by atoms with E-state index in [0.29, 0.717) is 6.54 Å². The third kappa shape index (κ3) is 4.32. The minimum Gasteiger partial charge on any atom is -0.329 e. The van der Waals surface area contributed by atoms with Gasteiger partial charge < -0.3 is 5.73 Å². The third-order valence-corrected chi connectivity index (χ3v) is 1.18. The number of hydrogen-bond donors (Lipinski definition) is 1. The zero-order valence-corrected chi connectivity index (χ0v) is 6.88. The molecule has 0 aliphatic rings. The molecule has 0 saturated heterocycles. The van der Waals surface area contributed by atoms with Crippen LogP contribution in [-0.4, -0.2) is 30.9 Å². The first-order chi connectivity index (χ1) is 4.85. The fourth-order valence-corrected chi connectivity index (χ4v) is 0.644. The maximum Gasteiger partial charge on any atom is 0.0482 e. The Bertz CT molecular complexity index is 90.9. The lowest BCUT2D eigenvalue weighted by molar-refractivity contribution is 0.314. The molecule has 10 heavy (non-hydrogen) atoms. The van der Waals surface area contributed by atoms with Crippen molar-refractivity contribution in [2.45, 2.75) is 20.3 Å². The zero-order valence-electron chi connectivity index (χ0n) is 6.88. The van der Waals surface area contributed by atoms with Crippen LogP contribution >= 0.6 is 0 Å². The van der Waals surface area contributed by atoms with Gasteiger partial charge in [-0.1, -0.05) is 6.92 Å². The molecule has 0 unspecified atom stereocenters. The van der Waals surface area contributed by atoms with Crippen LogP contribution in [0.15, 0.2) is 5.10 Å². The Morgan fingerprint density at radius 2 is 2.20 bits per heavy atom. The van der Waals surface area contributed by atoms with Crippen LogP contribution in [0, 0.1) is 0 Å². The second-order valence-electron chi connectivity index (χ2n) is 2.04. The fraction of sp³-hybridized carbons (Fsp3) is 0.857. The van der Waals surface area contributed by atoms with E-state index in [1.165, 1.54) is 0 Å². The number of nitrogens with two attached hydrogens (primary N) is 1. The molecule has 0 amide bonds. The van der Waals surface area contributed by atoms with Gasteiger partial charge in [0, 0.05) is 25.8 Å². The molecule has 0 rings (SSSR count). The van der Waals surface area contributed by atoms with Gasteiger partial charge in [0.15, 0.2) is 0 Å². The average Bonchev–Trinajstić information content (AvgIpc) is 1.98. The largest absolute Gasteiger partial charge is 0.329 e. The Morgan fingerprint density at radius 3 is 2.60 bits per heavy atom. The van der Waals surface area contributed by atoms with E-state index in [4.69, 9.17) is 5.73 Å². The molecule has 2 N–H and O–H groups in total. The average molecular weight is 143 g/mol. The lowest BCUT2D eigenvalue weighted by atomic mass is 10.5. The summed E-state index contributed by atoms with van der Waals surface area (Å²) in [6.07, 6.45) is 2.89. The normalized spacial score (nSPS) is 10.7. The zero-order chi connectivity index (χ0) is 7.82.